The summed E-state index contributed by atoms with van der Waals surface area (Å²) in [6.07, 6.45) is 1.51. The van der Waals surface area contributed by atoms with Crippen molar-refractivity contribution >= 4 is 55.6 Å². The Morgan fingerprint density at radius 1 is 1.17 bits per heavy atom. The van der Waals surface area contributed by atoms with Crippen LogP contribution in [0.15, 0.2) is 68.6 Å². The molecule has 0 aliphatic rings. The van der Waals surface area contributed by atoms with Gasteiger partial charge in [0.05, 0.1) is 25.7 Å². The number of halogens is 4. The van der Waals surface area contributed by atoms with E-state index in [2.05, 4.69) is 42.4 Å². The molecule has 0 aliphatic heterocycles. The second-order valence-electron chi connectivity index (χ2n) is 6.41. The number of carbonyl (C=O) groups excluding carboxylic acids is 1. The van der Waals surface area contributed by atoms with Gasteiger partial charge >= 0.3 is 0 Å². The van der Waals surface area contributed by atoms with E-state index in [1.54, 1.807) is 42.5 Å². The van der Waals surface area contributed by atoms with Crippen LogP contribution in [0.25, 0.3) is 0 Å². The molecule has 0 unspecified atom stereocenters. The monoisotopic (exact) mass is 552 g/mol. The minimum Gasteiger partial charge on any atom is -0.487 e. The number of nitrogens with zero attached hydrogens (tertiary/aromatic N) is 1. The van der Waals surface area contributed by atoms with Crippen LogP contribution in [0.4, 0.5) is 4.39 Å². The smallest absolute Gasteiger partial charge is 0.272 e. The highest BCUT2D eigenvalue weighted by molar-refractivity contribution is 9.11. The minimum atomic E-state index is -0.399. The summed E-state index contributed by atoms with van der Waals surface area (Å²) in [6.45, 7) is 2.11. The summed E-state index contributed by atoms with van der Waals surface area (Å²) >= 11 is 13.0. The maximum atomic E-state index is 13.3. The topological polar surface area (TPSA) is 50.7 Å². The lowest BCUT2D eigenvalue weighted by atomic mass is 10.1. The van der Waals surface area contributed by atoms with E-state index in [1.807, 2.05) is 6.92 Å². The predicted molar refractivity (Wildman–Crippen MR) is 124 cm³/mol. The fourth-order valence-corrected chi connectivity index (χ4v) is 4.38. The summed E-state index contributed by atoms with van der Waals surface area (Å²) < 4.78 is 20.5. The van der Waals surface area contributed by atoms with Crippen molar-refractivity contribution in [2.75, 3.05) is 0 Å². The van der Waals surface area contributed by atoms with Crippen LogP contribution in [0.1, 0.15) is 27.0 Å². The van der Waals surface area contributed by atoms with E-state index in [4.69, 9.17) is 16.3 Å². The van der Waals surface area contributed by atoms with Crippen molar-refractivity contribution in [3.05, 3.63) is 96.6 Å². The molecule has 30 heavy (non-hydrogen) atoms. The van der Waals surface area contributed by atoms with Crippen LogP contribution < -0.4 is 10.2 Å². The first-order chi connectivity index (χ1) is 14.3. The van der Waals surface area contributed by atoms with Gasteiger partial charge in [0.1, 0.15) is 18.2 Å². The average molecular weight is 555 g/mol. The first kappa shape index (κ1) is 22.5. The van der Waals surface area contributed by atoms with Crippen LogP contribution in [0.3, 0.4) is 0 Å². The van der Waals surface area contributed by atoms with E-state index in [9.17, 15) is 9.18 Å². The standard InChI is InChI=1S/C22H16Br2ClFN2O2/c1-13-5-6-17(20(25)7-13)22(29)28-27-11-15-9-18(23)21(19(24)10-15)30-12-14-3-2-4-16(26)8-14/h2-11H,12H2,1H3,(H,28,29)/b27-11-. The third-order valence-electron chi connectivity index (χ3n) is 4.04. The lowest BCUT2D eigenvalue weighted by molar-refractivity contribution is 0.0955. The van der Waals surface area contributed by atoms with Crippen LogP contribution in [-0.2, 0) is 6.61 Å². The first-order valence-corrected chi connectivity index (χ1v) is 10.8. The van der Waals surface area contributed by atoms with Gasteiger partial charge in [-0.25, -0.2) is 9.82 Å². The molecule has 0 aliphatic carbocycles. The quantitative estimate of drug-likeness (QED) is 0.274. The highest BCUT2D eigenvalue weighted by atomic mass is 79.9. The van der Waals surface area contributed by atoms with Crippen molar-refractivity contribution in [3.63, 3.8) is 0 Å². The van der Waals surface area contributed by atoms with Crippen molar-refractivity contribution < 1.29 is 13.9 Å². The molecule has 3 aromatic rings. The molecule has 4 nitrogen and oxygen atoms in total. The normalized spacial score (nSPS) is 11.0. The second kappa shape index (κ2) is 10.2. The summed E-state index contributed by atoms with van der Waals surface area (Å²) in [5.41, 5.74) is 5.22. The molecular formula is C22H16Br2ClFN2O2. The van der Waals surface area contributed by atoms with Crippen LogP contribution in [0, 0.1) is 12.7 Å². The molecule has 0 bridgehead atoms. The zero-order valence-corrected chi connectivity index (χ0v) is 19.7. The van der Waals surface area contributed by atoms with Crippen molar-refractivity contribution in [3.8, 4) is 5.75 Å². The molecule has 3 aromatic carbocycles. The van der Waals surface area contributed by atoms with Gasteiger partial charge in [-0.3, -0.25) is 4.79 Å². The molecule has 0 aromatic heterocycles. The molecule has 0 atom stereocenters. The Labute approximate surface area is 195 Å². The number of hydrazone groups is 1. The van der Waals surface area contributed by atoms with Gasteiger partial charge in [0, 0.05) is 0 Å². The van der Waals surface area contributed by atoms with Gasteiger partial charge in [-0.2, -0.15) is 5.10 Å². The number of hydrogen-bond donors (Lipinski definition) is 1. The van der Waals surface area contributed by atoms with Gasteiger partial charge in [-0.05, 0) is 91.9 Å². The Balaban J connectivity index is 1.66. The van der Waals surface area contributed by atoms with Crippen molar-refractivity contribution in [1.29, 1.82) is 0 Å². The Kier molecular flexibility index (Phi) is 7.64. The van der Waals surface area contributed by atoms with Crippen molar-refractivity contribution in [1.82, 2.24) is 5.43 Å². The summed E-state index contributed by atoms with van der Waals surface area (Å²) in [4.78, 5) is 12.2. The number of aryl methyl sites for hydroxylation is 1. The largest absolute Gasteiger partial charge is 0.487 e. The average Bonchev–Trinajstić information content (AvgIpc) is 2.67. The van der Waals surface area contributed by atoms with Crippen molar-refractivity contribution in [2.24, 2.45) is 5.10 Å². The van der Waals surface area contributed by atoms with Gasteiger partial charge in [-0.15, -0.1) is 0 Å². The maximum absolute atomic E-state index is 13.3. The predicted octanol–water partition coefficient (Wildman–Crippen LogP) is 6.66. The number of rotatable bonds is 6. The van der Waals surface area contributed by atoms with E-state index in [0.29, 0.717) is 25.3 Å². The molecule has 0 heterocycles. The lowest BCUT2D eigenvalue weighted by Crippen LogP contribution is -2.18. The zero-order chi connectivity index (χ0) is 21.7. The molecular weight excluding hydrogens is 539 g/mol. The molecule has 0 radical (unpaired) electrons. The Morgan fingerprint density at radius 3 is 2.57 bits per heavy atom. The SMILES string of the molecule is Cc1ccc(C(=O)N/N=C\c2cc(Br)c(OCc3cccc(F)c3)c(Br)c2)c(Cl)c1. The molecule has 8 heteroatoms. The first-order valence-electron chi connectivity index (χ1n) is 8.79. The minimum absolute atomic E-state index is 0.218. The number of hydrogen-bond acceptors (Lipinski definition) is 3. The molecule has 0 spiro atoms. The van der Waals surface area contributed by atoms with Crippen LogP contribution in [0.5, 0.6) is 5.75 Å². The highest BCUT2D eigenvalue weighted by Gasteiger charge is 2.11. The number of benzene rings is 3. The maximum Gasteiger partial charge on any atom is 0.272 e. The van der Waals surface area contributed by atoms with Crippen LogP contribution in [0.2, 0.25) is 5.02 Å². The molecule has 0 fully saturated rings. The zero-order valence-electron chi connectivity index (χ0n) is 15.8. The second-order valence-corrected chi connectivity index (χ2v) is 8.53. The van der Waals surface area contributed by atoms with Gasteiger partial charge in [0.2, 0.25) is 0 Å². The number of ether oxygens (including phenoxy) is 1. The molecule has 0 saturated carbocycles. The third kappa shape index (κ3) is 5.90. The Bertz CT molecular complexity index is 1100. The van der Waals surface area contributed by atoms with E-state index in [0.717, 1.165) is 16.7 Å². The number of nitrogens with one attached hydrogen (secondary N) is 1. The lowest BCUT2D eigenvalue weighted by Gasteiger charge is -2.11. The van der Waals surface area contributed by atoms with Crippen molar-refractivity contribution in [2.45, 2.75) is 13.5 Å². The molecule has 1 N–H and O–H groups in total. The van der Waals surface area contributed by atoms with E-state index >= 15 is 0 Å². The Morgan fingerprint density at radius 2 is 1.90 bits per heavy atom. The van der Waals surface area contributed by atoms with Crippen LogP contribution >= 0.6 is 43.5 Å². The molecule has 154 valence electrons. The molecule has 0 saturated heterocycles. The number of amides is 1. The molecule has 3 rings (SSSR count). The van der Waals surface area contributed by atoms with E-state index < -0.39 is 5.91 Å². The van der Waals surface area contributed by atoms with Gasteiger partial charge in [0.25, 0.3) is 5.91 Å². The molecule has 1 amide bonds. The number of carbonyl (C=O) groups is 1. The van der Waals surface area contributed by atoms with Gasteiger partial charge in [0.15, 0.2) is 0 Å². The summed E-state index contributed by atoms with van der Waals surface area (Å²) in [5, 5.41) is 4.36. The summed E-state index contributed by atoms with van der Waals surface area (Å²) in [5.74, 6) is -0.133. The highest BCUT2D eigenvalue weighted by Crippen LogP contribution is 2.35. The fourth-order valence-electron chi connectivity index (χ4n) is 2.60. The summed E-state index contributed by atoms with van der Waals surface area (Å²) in [7, 11) is 0. The van der Waals surface area contributed by atoms with E-state index in [1.165, 1.54) is 18.3 Å². The van der Waals surface area contributed by atoms with Gasteiger partial charge < -0.3 is 4.74 Å². The third-order valence-corrected chi connectivity index (χ3v) is 5.53. The fraction of sp³-hybridized carbons (Fsp3) is 0.0909. The van der Waals surface area contributed by atoms with E-state index in [-0.39, 0.29) is 12.4 Å². The Hall–Kier alpha value is -2.22. The van der Waals surface area contributed by atoms with Gasteiger partial charge in [-0.1, -0.05) is 29.8 Å². The van der Waals surface area contributed by atoms with Crippen LogP contribution in [-0.4, -0.2) is 12.1 Å². The summed E-state index contributed by atoms with van der Waals surface area (Å²) in [6, 6.07) is 15.0.